The molecule has 2 N–H and O–H groups in total. The van der Waals surface area contributed by atoms with E-state index in [2.05, 4.69) is 10.3 Å². The van der Waals surface area contributed by atoms with Crippen LogP contribution in [0.3, 0.4) is 0 Å². The molecule has 1 amide bonds. The number of amides is 1. The van der Waals surface area contributed by atoms with Crippen molar-refractivity contribution in [1.82, 2.24) is 4.98 Å². The Bertz CT molecular complexity index is 814. The lowest BCUT2D eigenvalue weighted by atomic mass is 10.2. The van der Waals surface area contributed by atoms with Crippen LogP contribution in [0.1, 0.15) is 16.1 Å². The molecule has 0 bridgehead atoms. The number of nitrogens with zero attached hydrogens (tertiary/aromatic N) is 1. The number of aromatic nitrogens is 1. The summed E-state index contributed by atoms with van der Waals surface area (Å²) in [4.78, 5) is 16.0. The number of anilines is 1. The lowest BCUT2D eigenvalue weighted by Gasteiger charge is -2.06. The summed E-state index contributed by atoms with van der Waals surface area (Å²) in [6.45, 7) is -0.219. The fraction of sp³-hybridized carbons (Fsp3) is 0.0667. The third kappa shape index (κ3) is 2.61. The van der Waals surface area contributed by atoms with Gasteiger partial charge in [0.05, 0.1) is 18.5 Å². The minimum Gasteiger partial charge on any atom is -0.451 e. The van der Waals surface area contributed by atoms with Gasteiger partial charge < -0.3 is 14.8 Å². The van der Waals surface area contributed by atoms with Gasteiger partial charge >= 0.3 is 0 Å². The van der Waals surface area contributed by atoms with Crippen molar-refractivity contribution in [3.8, 4) is 0 Å². The molecule has 6 heteroatoms. The predicted octanol–water partition coefficient (Wildman–Crippen LogP) is 2.71. The summed E-state index contributed by atoms with van der Waals surface area (Å²) in [5.74, 6) is -0.831. The van der Waals surface area contributed by atoms with E-state index in [1.54, 1.807) is 6.07 Å². The van der Waals surface area contributed by atoms with Gasteiger partial charge in [0, 0.05) is 17.1 Å². The molecule has 0 atom stereocenters. The van der Waals surface area contributed by atoms with E-state index in [-0.39, 0.29) is 12.4 Å². The molecule has 0 saturated heterocycles. The summed E-state index contributed by atoms with van der Waals surface area (Å²) in [6, 6.07) is 7.08. The first-order valence-electron chi connectivity index (χ1n) is 6.21. The van der Waals surface area contributed by atoms with E-state index < -0.39 is 11.7 Å². The summed E-state index contributed by atoms with van der Waals surface area (Å²) in [5, 5.41) is 12.3. The van der Waals surface area contributed by atoms with Crippen molar-refractivity contribution in [1.29, 1.82) is 0 Å². The standard InChI is InChI=1S/C15H11FN2O3/c16-11-1-2-13-10(5-11)6-14(21-13)15(20)18-12-7-17-4-3-9(12)8-19/h1-7,19H,8H2,(H,18,20). The molecule has 0 saturated carbocycles. The van der Waals surface area contributed by atoms with Gasteiger partial charge in [-0.15, -0.1) is 0 Å². The first-order valence-corrected chi connectivity index (χ1v) is 6.21. The molecule has 0 aliphatic rings. The Balaban J connectivity index is 1.90. The fourth-order valence-corrected chi connectivity index (χ4v) is 1.98. The number of carbonyl (C=O) groups excluding carboxylic acids is 1. The van der Waals surface area contributed by atoms with Gasteiger partial charge in [-0.2, -0.15) is 0 Å². The van der Waals surface area contributed by atoms with E-state index in [0.29, 0.717) is 22.2 Å². The minimum atomic E-state index is -0.491. The van der Waals surface area contributed by atoms with Gasteiger partial charge in [0.15, 0.2) is 5.76 Å². The zero-order valence-electron chi connectivity index (χ0n) is 10.8. The van der Waals surface area contributed by atoms with Crippen LogP contribution in [-0.2, 0) is 6.61 Å². The first-order chi connectivity index (χ1) is 10.2. The molecule has 0 spiro atoms. The number of carbonyl (C=O) groups is 1. The summed E-state index contributed by atoms with van der Waals surface area (Å²) in [7, 11) is 0. The van der Waals surface area contributed by atoms with Crippen LogP contribution in [-0.4, -0.2) is 16.0 Å². The molecule has 21 heavy (non-hydrogen) atoms. The van der Waals surface area contributed by atoms with Gasteiger partial charge in [0.2, 0.25) is 0 Å². The van der Waals surface area contributed by atoms with Crippen molar-refractivity contribution in [2.45, 2.75) is 6.61 Å². The lowest BCUT2D eigenvalue weighted by Crippen LogP contribution is -2.12. The minimum absolute atomic E-state index is 0.0587. The van der Waals surface area contributed by atoms with E-state index in [0.717, 1.165) is 0 Å². The highest BCUT2D eigenvalue weighted by Gasteiger charge is 2.14. The van der Waals surface area contributed by atoms with Crippen molar-refractivity contribution >= 4 is 22.6 Å². The van der Waals surface area contributed by atoms with Gasteiger partial charge in [-0.05, 0) is 30.3 Å². The second kappa shape index (κ2) is 5.34. The van der Waals surface area contributed by atoms with Crippen molar-refractivity contribution in [2.24, 2.45) is 0 Å². The SMILES string of the molecule is O=C(Nc1cnccc1CO)c1cc2cc(F)ccc2o1. The number of aliphatic hydroxyl groups is 1. The monoisotopic (exact) mass is 286 g/mol. The summed E-state index contributed by atoms with van der Waals surface area (Å²) in [6.07, 6.45) is 2.96. The average molecular weight is 286 g/mol. The quantitative estimate of drug-likeness (QED) is 0.776. The maximum atomic E-state index is 13.1. The second-order valence-electron chi connectivity index (χ2n) is 4.44. The van der Waals surface area contributed by atoms with Crippen LogP contribution in [0.15, 0.2) is 47.1 Å². The van der Waals surface area contributed by atoms with Crippen LogP contribution < -0.4 is 5.32 Å². The zero-order valence-corrected chi connectivity index (χ0v) is 10.8. The normalized spacial score (nSPS) is 10.8. The van der Waals surface area contributed by atoms with E-state index in [1.165, 1.54) is 36.7 Å². The molecule has 0 fully saturated rings. The highest BCUT2D eigenvalue weighted by Crippen LogP contribution is 2.22. The highest BCUT2D eigenvalue weighted by atomic mass is 19.1. The lowest BCUT2D eigenvalue weighted by molar-refractivity contribution is 0.0998. The summed E-state index contributed by atoms with van der Waals surface area (Å²) < 4.78 is 18.5. The molecule has 3 rings (SSSR count). The molecule has 2 heterocycles. The topological polar surface area (TPSA) is 75.4 Å². The Kier molecular flexibility index (Phi) is 3.37. The third-order valence-corrected chi connectivity index (χ3v) is 3.03. The van der Waals surface area contributed by atoms with Gasteiger partial charge in [-0.3, -0.25) is 9.78 Å². The van der Waals surface area contributed by atoms with Gasteiger partial charge in [0.1, 0.15) is 11.4 Å². The number of fused-ring (bicyclic) bond motifs is 1. The smallest absolute Gasteiger partial charge is 0.291 e. The number of furan rings is 1. The van der Waals surface area contributed by atoms with Gasteiger partial charge in [0.25, 0.3) is 5.91 Å². The molecule has 3 aromatic rings. The number of aliphatic hydroxyl groups excluding tert-OH is 1. The molecule has 1 aromatic carbocycles. The van der Waals surface area contributed by atoms with E-state index in [1.807, 2.05) is 0 Å². The van der Waals surface area contributed by atoms with Crippen LogP contribution in [0.5, 0.6) is 0 Å². The number of hydrogen-bond donors (Lipinski definition) is 2. The molecule has 0 aliphatic heterocycles. The molecule has 0 unspecified atom stereocenters. The zero-order chi connectivity index (χ0) is 14.8. The van der Waals surface area contributed by atoms with Gasteiger partial charge in [-0.1, -0.05) is 0 Å². The molecule has 2 aromatic heterocycles. The maximum Gasteiger partial charge on any atom is 0.291 e. The summed E-state index contributed by atoms with van der Waals surface area (Å²) in [5.41, 5.74) is 1.37. The van der Waals surface area contributed by atoms with Crippen LogP contribution in [0, 0.1) is 5.82 Å². The molecule has 5 nitrogen and oxygen atoms in total. The Hall–Kier alpha value is -2.73. The van der Waals surface area contributed by atoms with E-state index in [9.17, 15) is 14.3 Å². The molecule has 0 radical (unpaired) electrons. The maximum absolute atomic E-state index is 13.1. The predicted molar refractivity (Wildman–Crippen MR) is 74.3 cm³/mol. The average Bonchev–Trinajstić information content (AvgIpc) is 2.91. The van der Waals surface area contributed by atoms with Crippen LogP contribution in [0.2, 0.25) is 0 Å². The molecule has 106 valence electrons. The van der Waals surface area contributed by atoms with Crippen LogP contribution in [0.4, 0.5) is 10.1 Å². The largest absolute Gasteiger partial charge is 0.451 e. The highest BCUT2D eigenvalue weighted by molar-refractivity contribution is 6.04. The van der Waals surface area contributed by atoms with E-state index >= 15 is 0 Å². The fourth-order valence-electron chi connectivity index (χ4n) is 1.98. The van der Waals surface area contributed by atoms with E-state index in [4.69, 9.17) is 4.42 Å². The van der Waals surface area contributed by atoms with Crippen molar-refractivity contribution in [3.63, 3.8) is 0 Å². The van der Waals surface area contributed by atoms with Crippen molar-refractivity contribution < 1.29 is 18.7 Å². The Morgan fingerprint density at radius 1 is 1.33 bits per heavy atom. The van der Waals surface area contributed by atoms with Crippen LogP contribution >= 0.6 is 0 Å². The Labute approximate surface area is 119 Å². The number of halogens is 1. The van der Waals surface area contributed by atoms with Crippen LogP contribution in [0.25, 0.3) is 11.0 Å². The number of rotatable bonds is 3. The summed E-state index contributed by atoms with van der Waals surface area (Å²) >= 11 is 0. The van der Waals surface area contributed by atoms with Gasteiger partial charge in [-0.25, -0.2) is 4.39 Å². The van der Waals surface area contributed by atoms with Crippen molar-refractivity contribution in [3.05, 3.63) is 59.9 Å². The number of nitrogens with one attached hydrogen (secondary N) is 1. The molecular formula is C15H11FN2O3. The van der Waals surface area contributed by atoms with Crippen molar-refractivity contribution in [2.75, 3.05) is 5.32 Å². The number of pyridine rings is 1. The molecule has 0 aliphatic carbocycles. The first kappa shape index (κ1) is 13.3. The Morgan fingerprint density at radius 2 is 2.19 bits per heavy atom. The Morgan fingerprint density at radius 3 is 3.00 bits per heavy atom. The second-order valence-corrected chi connectivity index (χ2v) is 4.44. The number of hydrogen-bond acceptors (Lipinski definition) is 4. The molecular weight excluding hydrogens is 275 g/mol. The number of benzene rings is 1. The third-order valence-electron chi connectivity index (χ3n) is 3.03.